The van der Waals surface area contributed by atoms with Crippen molar-refractivity contribution in [3.63, 3.8) is 0 Å². The van der Waals surface area contributed by atoms with Crippen molar-refractivity contribution in [3.05, 3.63) is 102 Å². The van der Waals surface area contributed by atoms with Crippen molar-refractivity contribution in [1.29, 1.82) is 0 Å². The first-order chi connectivity index (χ1) is 19.3. The molecule has 3 aromatic carbocycles. The molecule has 1 saturated carbocycles. The van der Waals surface area contributed by atoms with E-state index >= 15 is 0 Å². The zero-order valence-corrected chi connectivity index (χ0v) is 23.9. The SMILES string of the molecule is CN(CCCC(=O)N(Cc1ccccc1)[C@@H](Cc1ccccc1)C(=O)NC1CCCC1)S(=O)(=O)c1ccccc1. The lowest BCUT2D eigenvalue weighted by molar-refractivity contribution is -0.141. The van der Waals surface area contributed by atoms with E-state index in [1.165, 1.54) is 11.4 Å². The minimum atomic E-state index is -3.65. The Bertz CT molecular complexity index is 1330. The second-order valence-electron chi connectivity index (χ2n) is 10.4. The summed E-state index contributed by atoms with van der Waals surface area (Å²) in [6.45, 7) is 0.493. The second kappa shape index (κ2) is 14.2. The lowest BCUT2D eigenvalue weighted by Crippen LogP contribution is -2.52. The lowest BCUT2D eigenvalue weighted by Gasteiger charge is -2.32. The molecule has 0 unspecified atom stereocenters. The van der Waals surface area contributed by atoms with E-state index in [0.29, 0.717) is 19.4 Å². The van der Waals surface area contributed by atoms with Crippen LogP contribution in [0.2, 0.25) is 0 Å². The number of hydrogen-bond acceptors (Lipinski definition) is 4. The van der Waals surface area contributed by atoms with E-state index in [0.717, 1.165) is 36.8 Å². The van der Waals surface area contributed by atoms with Crippen LogP contribution in [0.4, 0.5) is 0 Å². The van der Waals surface area contributed by atoms with Crippen LogP contribution in [0.3, 0.4) is 0 Å². The minimum absolute atomic E-state index is 0.128. The molecule has 8 heteroatoms. The highest BCUT2D eigenvalue weighted by molar-refractivity contribution is 7.89. The fourth-order valence-corrected chi connectivity index (χ4v) is 6.42. The minimum Gasteiger partial charge on any atom is -0.352 e. The van der Waals surface area contributed by atoms with Crippen molar-refractivity contribution >= 4 is 21.8 Å². The molecular weight excluding hydrogens is 522 g/mol. The van der Waals surface area contributed by atoms with E-state index < -0.39 is 16.1 Å². The van der Waals surface area contributed by atoms with Gasteiger partial charge in [0, 0.05) is 39.0 Å². The van der Waals surface area contributed by atoms with E-state index in [-0.39, 0.29) is 35.7 Å². The Balaban J connectivity index is 1.52. The highest BCUT2D eigenvalue weighted by Gasteiger charge is 2.32. The molecule has 0 bridgehead atoms. The Labute approximate surface area is 238 Å². The first-order valence-electron chi connectivity index (χ1n) is 14.0. The number of benzene rings is 3. The molecule has 1 aliphatic carbocycles. The van der Waals surface area contributed by atoms with Crippen molar-refractivity contribution in [2.45, 2.75) is 68.5 Å². The number of amides is 2. The van der Waals surface area contributed by atoms with Crippen molar-refractivity contribution in [1.82, 2.24) is 14.5 Å². The number of nitrogens with one attached hydrogen (secondary N) is 1. The molecule has 212 valence electrons. The van der Waals surface area contributed by atoms with Gasteiger partial charge in [0.25, 0.3) is 0 Å². The van der Waals surface area contributed by atoms with Crippen LogP contribution in [0, 0.1) is 0 Å². The van der Waals surface area contributed by atoms with Crippen LogP contribution in [-0.4, -0.2) is 55.1 Å². The first kappa shape index (κ1) is 29.5. The van der Waals surface area contributed by atoms with Gasteiger partial charge in [0.05, 0.1) is 4.90 Å². The largest absolute Gasteiger partial charge is 0.352 e. The summed E-state index contributed by atoms with van der Waals surface area (Å²) in [6, 6.07) is 27.2. The number of rotatable bonds is 13. The van der Waals surface area contributed by atoms with Crippen LogP contribution in [0.1, 0.15) is 49.7 Å². The fraction of sp³-hybridized carbons (Fsp3) is 0.375. The van der Waals surface area contributed by atoms with Gasteiger partial charge in [-0.1, -0.05) is 91.7 Å². The lowest BCUT2D eigenvalue weighted by atomic mass is 10.0. The third kappa shape index (κ3) is 8.02. The Morgan fingerprint density at radius 3 is 2.00 bits per heavy atom. The molecule has 1 aliphatic rings. The number of hydrogen-bond donors (Lipinski definition) is 1. The summed E-state index contributed by atoms with van der Waals surface area (Å²) in [6.07, 6.45) is 4.98. The fourth-order valence-electron chi connectivity index (χ4n) is 5.19. The van der Waals surface area contributed by atoms with Gasteiger partial charge in [-0.3, -0.25) is 9.59 Å². The van der Waals surface area contributed by atoms with Crippen LogP contribution in [0.5, 0.6) is 0 Å². The van der Waals surface area contributed by atoms with Crippen molar-refractivity contribution < 1.29 is 18.0 Å². The normalized spacial score (nSPS) is 14.7. The molecule has 1 fully saturated rings. The maximum atomic E-state index is 13.8. The van der Waals surface area contributed by atoms with Gasteiger partial charge in [-0.15, -0.1) is 0 Å². The standard InChI is InChI=1S/C32H39N3O4S/c1-34(40(38,39)29-20-9-4-10-21-29)23-13-22-31(36)35(25-27-16-7-3-8-17-27)30(24-26-14-5-2-6-15-26)32(37)33-28-18-11-12-19-28/h2-10,14-17,20-21,28,30H,11-13,18-19,22-25H2,1H3,(H,33,37)/t30-/m0/s1. The van der Waals surface area contributed by atoms with Crippen LogP contribution < -0.4 is 5.32 Å². The predicted molar refractivity (Wildman–Crippen MR) is 157 cm³/mol. The van der Waals surface area contributed by atoms with Crippen molar-refractivity contribution in [3.8, 4) is 0 Å². The van der Waals surface area contributed by atoms with Gasteiger partial charge < -0.3 is 10.2 Å². The van der Waals surface area contributed by atoms with E-state index in [1.807, 2.05) is 60.7 Å². The summed E-state index contributed by atoms with van der Waals surface area (Å²) < 4.78 is 27.1. The average molecular weight is 562 g/mol. The summed E-state index contributed by atoms with van der Waals surface area (Å²) in [4.78, 5) is 29.4. The summed E-state index contributed by atoms with van der Waals surface area (Å²) in [5.41, 5.74) is 1.92. The zero-order valence-electron chi connectivity index (χ0n) is 23.1. The molecular formula is C32H39N3O4S. The van der Waals surface area contributed by atoms with Crippen LogP contribution in [-0.2, 0) is 32.6 Å². The van der Waals surface area contributed by atoms with Gasteiger partial charge in [-0.05, 0) is 42.5 Å². The van der Waals surface area contributed by atoms with Crippen molar-refractivity contribution in [2.24, 2.45) is 0 Å². The molecule has 0 aromatic heterocycles. The Hall–Kier alpha value is -3.49. The monoisotopic (exact) mass is 561 g/mol. The highest BCUT2D eigenvalue weighted by Crippen LogP contribution is 2.21. The van der Waals surface area contributed by atoms with Crippen LogP contribution in [0.15, 0.2) is 95.9 Å². The van der Waals surface area contributed by atoms with E-state index in [2.05, 4.69) is 5.32 Å². The molecule has 0 radical (unpaired) electrons. The van der Waals surface area contributed by atoms with Gasteiger partial charge in [0.2, 0.25) is 21.8 Å². The zero-order chi connectivity index (χ0) is 28.4. The van der Waals surface area contributed by atoms with E-state index in [1.54, 1.807) is 35.2 Å². The Kier molecular flexibility index (Phi) is 10.5. The first-order valence-corrected chi connectivity index (χ1v) is 15.5. The van der Waals surface area contributed by atoms with Gasteiger partial charge in [0.15, 0.2) is 0 Å². The van der Waals surface area contributed by atoms with Gasteiger partial charge in [0.1, 0.15) is 6.04 Å². The molecule has 0 saturated heterocycles. The predicted octanol–water partition coefficient (Wildman–Crippen LogP) is 4.79. The quantitative estimate of drug-likeness (QED) is 0.325. The third-order valence-electron chi connectivity index (χ3n) is 7.48. The van der Waals surface area contributed by atoms with Gasteiger partial charge in [-0.25, -0.2) is 12.7 Å². The van der Waals surface area contributed by atoms with Gasteiger partial charge in [-0.2, -0.15) is 0 Å². The van der Waals surface area contributed by atoms with Crippen molar-refractivity contribution in [2.75, 3.05) is 13.6 Å². The number of sulfonamides is 1. The number of nitrogens with zero attached hydrogens (tertiary/aromatic N) is 2. The van der Waals surface area contributed by atoms with E-state index in [9.17, 15) is 18.0 Å². The summed E-state index contributed by atoms with van der Waals surface area (Å²) in [7, 11) is -2.12. The van der Waals surface area contributed by atoms with Crippen LogP contribution in [0.25, 0.3) is 0 Å². The second-order valence-corrected chi connectivity index (χ2v) is 12.5. The number of carbonyl (C=O) groups is 2. The molecule has 2 amide bonds. The molecule has 0 aliphatic heterocycles. The smallest absolute Gasteiger partial charge is 0.243 e. The summed E-state index contributed by atoms with van der Waals surface area (Å²) >= 11 is 0. The van der Waals surface area contributed by atoms with Gasteiger partial charge >= 0.3 is 0 Å². The molecule has 40 heavy (non-hydrogen) atoms. The molecule has 0 spiro atoms. The highest BCUT2D eigenvalue weighted by atomic mass is 32.2. The molecule has 0 heterocycles. The van der Waals surface area contributed by atoms with E-state index in [4.69, 9.17) is 0 Å². The average Bonchev–Trinajstić information content (AvgIpc) is 3.49. The molecule has 1 atom stereocenters. The van der Waals surface area contributed by atoms with Crippen LogP contribution >= 0.6 is 0 Å². The molecule has 3 aromatic rings. The topological polar surface area (TPSA) is 86.8 Å². The maximum absolute atomic E-state index is 13.8. The molecule has 7 nitrogen and oxygen atoms in total. The Morgan fingerprint density at radius 2 is 1.40 bits per heavy atom. The molecule has 4 rings (SSSR count). The number of carbonyl (C=O) groups excluding carboxylic acids is 2. The maximum Gasteiger partial charge on any atom is 0.243 e. The summed E-state index contributed by atoms with van der Waals surface area (Å²) in [5, 5.41) is 3.21. The Morgan fingerprint density at radius 1 is 0.850 bits per heavy atom. The summed E-state index contributed by atoms with van der Waals surface area (Å²) in [5.74, 6) is -0.305. The molecule has 1 N–H and O–H groups in total. The third-order valence-corrected chi connectivity index (χ3v) is 9.35.